The number of ether oxygens (including phenoxy) is 2. The average Bonchev–Trinajstić information content (AvgIpc) is 3.13. The predicted molar refractivity (Wildman–Crippen MR) is 48.5 cm³/mol. The first-order chi connectivity index (χ1) is 8.91. The first-order valence-corrected chi connectivity index (χ1v) is 5.65. The summed E-state index contributed by atoms with van der Waals surface area (Å²) in [4.78, 5) is 0. The van der Waals surface area contributed by atoms with Crippen LogP contribution in [0.5, 0.6) is 0 Å². The van der Waals surface area contributed by atoms with Crippen molar-refractivity contribution in [2.45, 2.75) is 48.7 Å². The number of epoxide rings is 2. The quantitative estimate of drug-likeness (QED) is 0.533. The molecule has 2 aliphatic rings. The van der Waals surface area contributed by atoms with Gasteiger partial charge in [0.1, 0.15) is 0 Å². The van der Waals surface area contributed by atoms with E-state index in [-0.39, 0.29) is 13.2 Å². The van der Waals surface area contributed by atoms with Crippen molar-refractivity contribution in [2.75, 3.05) is 13.2 Å². The van der Waals surface area contributed by atoms with Gasteiger partial charge in [-0.3, -0.25) is 0 Å². The van der Waals surface area contributed by atoms with Gasteiger partial charge in [0.2, 0.25) is 0 Å². The van der Waals surface area contributed by atoms with Crippen LogP contribution in [0, 0.1) is 0 Å². The Morgan fingerprint density at radius 2 is 0.900 bits per heavy atom. The van der Waals surface area contributed by atoms with Gasteiger partial charge in [0.25, 0.3) is 0 Å². The molecule has 2 aliphatic heterocycles. The molecule has 2 heterocycles. The molecule has 0 aliphatic carbocycles. The largest absolute Gasteiger partial charge is 0.378 e. The molecular weight excluding hydrogens is 304 g/mol. The van der Waals surface area contributed by atoms with Crippen molar-refractivity contribution in [1.82, 2.24) is 0 Å². The minimum atomic E-state index is -6.19. The minimum Gasteiger partial charge on any atom is -0.373 e. The molecule has 10 heteroatoms. The summed E-state index contributed by atoms with van der Waals surface area (Å²) in [6.45, 7) is -0.576. The molecule has 0 spiro atoms. The lowest BCUT2D eigenvalue weighted by Crippen LogP contribution is -2.62. The van der Waals surface area contributed by atoms with Gasteiger partial charge in [-0.05, 0) is 0 Å². The molecule has 0 radical (unpaired) electrons. The van der Waals surface area contributed by atoms with E-state index in [1.807, 2.05) is 0 Å². The molecule has 0 unspecified atom stereocenters. The Morgan fingerprint density at radius 1 is 0.650 bits per heavy atom. The fraction of sp³-hybridized carbons (Fsp3) is 1.00. The third-order valence-corrected chi connectivity index (χ3v) is 3.09. The Kier molecular flexibility index (Phi) is 3.48. The lowest BCUT2D eigenvalue weighted by atomic mass is 9.93. The van der Waals surface area contributed by atoms with Crippen molar-refractivity contribution in [3.8, 4) is 0 Å². The maximum atomic E-state index is 13.3. The van der Waals surface area contributed by atoms with E-state index in [0.717, 1.165) is 0 Å². The molecule has 2 nitrogen and oxygen atoms in total. The Morgan fingerprint density at radius 3 is 1.10 bits per heavy atom. The van der Waals surface area contributed by atoms with E-state index in [0.29, 0.717) is 0 Å². The summed E-state index contributed by atoms with van der Waals surface area (Å²) in [5, 5.41) is 0. The van der Waals surface area contributed by atoms with Crippen LogP contribution in [-0.4, -0.2) is 49.1 Å². The SMILES string of the molecule is FC(F)(C[C@@H]1CO1)C(F)(F)C(F)(F)C(F)(F)C[C@@H]1CO1. The highest BCUT2D eigenvalue weighted by molar-refractivity contribution is 5.06. The molecule has 20 heavy (non-hydrogen) atoms. The summed E-state index contributed by atoms with van der Waals surface area (Å²) in [5.74, 6) is -23.0. The summed E-state index contributed by atoms with van der Waals surface area (Å²) >= 11 is 0. The average molecular weight is 314 g/mol. The zero-order valence-electron chi connectivity index (χ0n) is 9.82. The Labute approximate surface area is 108 Å². The van der Waals surface area contributed by atoms with Crippen LogP contribution in [-0.2, 0) is 9.47 Å². The Hall–Kier alpha value is -0.640. The van der Waals surface area contributed by atoms with E-state index < -0.39 is 48.7 Å². The van der Waals surface area contributed by atoms with Gasteiger partial charge in [0, 0.05) is 12.8 Å². The fourth-order valence-electron chi connectivity index (χ4n) is 1.66. The van der Waals surface area contributed by atoms with Gasteiger partial charge >= 0.3 is 23.7 Å². The van der Waals surface area contributed by atoms with Gasteiger partial charge in [-0.1, -0.05) is 0 Å². The molecule has 0 N–H and O–H groups in total. The molecule has 0 amide bonds. The van der Waals surface area contributed by atoms with Crippen LogP contribution < -0.4 is 0 Å². The Balaban J connectivity index is 2.19. The van der Waals surface area contributed by atoms with Crippen LogP contribution in [0.3, 0.4) is 0 Å². The minimum absolute atomic E-state index is 0.288. The zero-order valence-corrected chi connectivity index (χ0v) is 9.82. The van der Waals surface area contributed by atoms with E-state index in [1.165, 1.54) is 0 Å². The van der Waals surface area contributed by atoms with Gasteiger partial charge in [-0.2, -0.15) is 35.1 Å². The smallest absolute Gasteiger partial charge is 0.373 e. The van der Waals surface area contributed by atoms with Crippen LogP contribution in [0.2, 0.25) is 0 Å². The van der Waals surface area contributed by atoms with Gasteiger partial charge in [0.15, 0.2) is 0 Å². The van der Waals surface area contributed by atoms with Crippen LogP contribution in [0.25, 0.3) is 0 Å². The number of alkyl halides is 8. The topological polar surface area (TPSA) is 25.1 Å². The molecule has 118 valence electrons. The maximum Gasteiger partial charge on any atom is 0.378 e. The third kappa shape index (κ3) is 2.59. The van der Waals surface area contributed by atoms with Gasteiger partial charge in [-0.15, -0.1) is 0 Å². The first kappa shape index (κ1) is 15.7. The monoisotopic (exact) mass is 314 g/mol. The Bertz CT molecular complexity index is 339. The first-order valence-electron chi connectivity index (χ1n) is 5.65. The molecule has 0 bridgehead atoms. The summed E-state index contributed by atoms with van der Waals surface area (Å²) in [6.07, 6.45) is -6.09. The van der Waals surface area contributed by atoms with Crippen molar-refractivity contribution in [2.24, 2.45) is 0 Å². The molecule has 2 saturated heterocycles. The van der Waals surface area contributed by atoms with Gasteiger partial charge < -0.3 is 9.47 Å². The molecule has 2 rings (SSSR count). The normalized spacial score (nSPS) is 27.6. The second-order valence-corrected chi connectivity index (χ2v) is 4.88. The van der Waals surface area contributed by atoms with Gasteiger partial charge in [0.05, 0.1) is 25.4 Å². The number of rotatable bonds is 7. The van der Waals surface area contributed by atoms with E-state index in [1.54, 1.807) is 0 Å². The van der Waals surface area contributed by atoms with Crippen molar-refractivity contribution in [1.29, 1.82) is 0 Å². The predicted octanol–water partition coefficient (Wildman–Crippen LogP) is 3.11. The maximum absolute atomic E-state index is 13.3. The number of hydrogen-bond acceptors (Lipinski definition) is 2. The van der Waals surface area contributed by atoms with Gasteiger partial charge in [-0.25, -0.2) is 0 Å². The van der Waals surface area contributed by atoms with Crippen LogP contribution >= 0.6 is 0 Å². The van der Waals surface area contributed by atoms with E-state index in [4.69, 9.17) is 0 Å². The summed E-state index contributed by atoms with van der Waals surface area (Å²) < 4.78 is 114. The molecule has 0 aromatic carbocycles. The second-order valence-electron chi connectivity index (χ2n) is 4.88. The van der Waals surface area contributed by atoms with E-state index >= 15 is 0 Å². The molecule has 2 fully saturated rings. The number of halogens is 8. The highest BCUT2D eigenvalue weighted by atomic mass is 19.4. The summed E-state index contributed by atoms with van der Waals surface area (Å²) in [7, 11) is 0. The van der Waals surface area contributed by atoms with Crippen molar-refractivity contribution >= 4 is 0 Å². The van der Waals surface area contributed by atoms with Crippen LogP contribution in [0.15, 0.2) is 0 Å². The standard InChI is InChI=1S/C10H10F8O2/c11-7(12,1-5-3-19-5)9(15,16)10(17,18)8(13,14)2-6-4-20-6/h5-6H,1-4H2/t5-,6-/m1/s1. The second kappa shape index (κ2) is 4.43. The van der Waals surface area contributed by atoms with Crippen molar-refractivity contribution in [3.05, 3.63) is 0 Å². The van der Waals surface area contributed by atoms with E-state index in [2.05, 4.69) is 9.47 Å². The molecule has 2 atom stereocenters. The molecule has 0 saturated carbocycles. The molecule has 0 aromatic rings. The lowest BCUT2D eigenvalue weighted by molar-refractivity contribution is -0.368. The van der Waals surface area contributed by atoms with Crippen LogP contribution in [0.1, 0.15) is 12.8 Å². The number of hydrogen-bond donors (Lipinski definition) is 0. The van der Waals surface area contributed by atoms with E-state index in [9.17, 15) is 35.1 Å². The molecular formula is C10H10F8O2. The lowest BCUT2D eigenvalue weighted by Gasteiger charge is -2.36. The van der Waals surface area contributed by atoms with Crippen molar-refractivity contribution < 1.29 is 44.6 Å². The summed E-state index contributed by atoms with van der Waals surface area (Å²) in [5.41, 5.74) is 0. The zero-order chi connectivity index (χ0) is 15.4. The van der Waals surface area contributed by atoms with Crippen LogP contribution in [0.4, 0.5) is 35.1 Å². The fourth-order valence-corrected chi connectivity index (χ4v) is 1.66. The highest BCUT2D eigenvalue weighted by Crippen LogP contribution is 2.56. The van der Waals surface area contributed by atoms with Crippen molar-refractivity contribution in [3.63, 3.8) is 0 Å². The third-order valence-electron chi connectivity index (χ3n) is 3.09. The highest BCUT2D eigenvalue weighted by Gasteiger charge is 2.80. The summed E-state index contributed by atoms with van der Waals surface area (Å²) in [6, 6.07) is 0. The molecule has 0 aromatic heterocycles.